The third-order valence-electron chi connectivity index (χ3n) is 5.12. The van der Waals surface area contributed by atoms with Crippen LogP contribution >= 0.6 is 70.6 Å². The summed E-state index contributed by atoms with van der Waals surface area (Å²) in [7, 11) is 0. The Morgan fingerprint density at radius 1 is 0.639 bits per heavy atom. The predicted octanol–water partition coefficient (Wildman–Crippen LogP) is 10.3. The molecule has 36 heavy (non-hydrogen) atoms. The van der Waals surface area contributed by atoms with E-state index >= 15 is 0 Å². The summed E-state index contributed by atoms with van der Waals surface area (Å²) in [5, 5.41) is 17.9. The number of hydrogen-bond acceptors (Lipinski definition) is 8. The second-order valence-corrected chi connectivity index (χ2v) is 15.8. The Labute approximate surface area is 239 Å². The highest BCUT2D eigenvalue weighted by Crippen LogP contribution is 2.55. The van der Waals surface area contributed by atoms with E-state index in [-0.39, 0.29) is 0 Å². The van der Waals surface area contributed by atoms with Crippen molar-refractivity contribution in [2.45, 2.75) is 26.7 Å². The van der Waals surface area contributed by atoms with Crippen LogP contribution in [0.1, 0.15) is 48.9 Å². The van der Waals surface area contributed by atoms with Crippen LogP contribution in [0, 0.1) is 22.7 Å². The molecule has 0 atom stereocenters. The van der Waals surface area contributed by atoms with Gasteiger partial charge in [0.1, 0.15) is 0 Å². The Morgan fingerprint density at radius 3 is 1.39 bits per heavy atom. The van der Waals surface area contributed by atoms with E-state index in [1.807, 2.05) is 119 Å². The summed E-state index contributed by atoms with van der Waals surface area (Å²) < 4.78 is 5.45. The quantitative estimate of drug-likeness (QED) is 0.271. The van der Waals surface area contributed by atoms with Gasteiger partial charge in [0.25, 0.3) is 0 Å². The average molecular weight is 581 g/mol. The molecule has 2 aromatic rings. The van der Waals surface area contributed by atoms with Crippen LogP contribution in [0.4, 0.5) is 0 Å². The first-order valence-corrected chi connectivity index (χ1v) is 16.6. The highest BCUT2D eigenvalue weighted by atomic mass is 32.2. The Hall–Kier alpha value is -1.52. The zero-order valence-electron chi connectivity index (χ0n) is 19.9. The van der Waals surface area contributed by atoms with Gasteiger partial charge in [0.05, 0.1) is 40.2 Å². The third-order valence-corrected chi connectivity index (χ3v) is 13.2. The molecule has 0 bridgehead atoms. The first kappa shape index (κ1) is 27.5. The lowest BCUT2D eigenvalue weighted by atomic mass is 10.1. The topological polar surface area (TPSA) is 47.6 Å². The molecule has 0 spiro atoms. The number of hydrogen-bond donors (Lipinski definition) is 0. The van der Waals surface area contributed by atoms with Crippen molar-refractivity contribution in [1.82, 2.24) is 0 Å². The number of rotatable bonds is 9. The molecule has 4 rings (SSSR count). The fourth-order valence-electron chi connectivity index (χ4n) is 3.25. The number of thioether (sulfide) groups is 6. The van der Waals surface area contributed by atoms with Crippen LogP contribution in [0.5, 0.6) is 0 Å². The van der Waals surface area contributed by atoms with Gasteiger partial charge < -0.3 is 0 Å². The molecule has 2 aliphatic heterocycles. The Balaban J connectivity index is 1.15. The fourth-order valence-corrected chi connectivity index (χ4v) is 11.4. The van der Waals surface area contributed by atoms with E-state index in [9.17, 15) is 0 Å². The van der Waals surface area contributed by atoms with Gasteiger partial charge in [-0.3, -0.25) is 0 Å². The van der Waals surface area contributed by atoms with E-state index in [1.165, 1.54) is 39.6 Å². The monoisotopic (exact) mass is 580 g/mol. The molecule has 0 amide bonds. The van der Waals surface area contributed by atoms with Gasteiger partial charge in [0.15, 0.2) is 0 Å². The summed E-state index contributed by atoms with van der Waals surface area (Å²) in [6, 6.07) is 19.9. The summed E-state index contributed by atoms with van der Waals surface area (Å²) in [5.74, 6) is 2.30. The van der Waals surface area contributed by atoms with Crippen molar-refractivity contribution in [2.75, 3.05) is 11.5 Å². The van der Waals surface area contributed by atoms with Gasteiger partial charge in [-0.05, 0) is 85.7 Å². The lowest BCUT2D eigenvalue weighted by Gasteiger charge is -2.04. The van der Waals surface area contributed by atoms with Crippen molar-refractivity contribution >= 4 is 82.7 Å². The van der Waals surface area contributed by atoms with E-state index in [4.69, 9.17) is 10.5 Å². The highest BCUT2D eigenvalue weighted by molar-refractivity contribution is 8.36. The van der Waals surface area contributed by atoms with Gasteiger partial charge in [0.2, 0.25) is 0 Å². The standard InChI is InChI=1S/C28H24N2S6/c1-19-27(35-25(33-19)15-21-5-9-23(17-29)10-6-21)31-13-3-4-14-32-28-20(2)34-26(36-28)16-22-7-11-24(18-30)12-8-22/h5-12,15-16H,3-4,13-14H2,1-2H3/b25-15-,26-16+. The molecule has 0 fully saturated rings. The largest absolute Gasteiger partial charge is 0.192 e. The summed E-state index contributed by atoms with van der Waals surface area (Å²) in [5.41, 5.74) is 3.68. The van der Waals surface area contributed by atoms with Crippen LogP contribution < -0.4 is 0 Å². The molecular formula is C28H24N2S6. The van der Waals surface area contributed by atoms with Crippen molar-refractivity contribution in [3.8, 4) is 12.1 Å². The van der Waals surface area contributed by atoms with Crippen LogP contribution in [-0.2, 0) is 0 Å². The first-order chi connectivity index (χ1) is 17.5. The van der Waals surface area contributed by atoms with Crippen molar-refractivity contribution < 1.29 is 0 Å². The van der Waals surface area contributed by atoms with Crippen molar-refractivity contribution in [1.29, 1.82) is 10.5 Å². The fraction of sp³-hybridized carbons (Fsp3) is 0.214. The predicted molar refractivity (Wildman–Crippen MR) is 168 cm³/mol. The van der Waals surface area contributed by atoms with Crippen LogP contribution in [0.2, 0.25) is 0 Å². The van der Waals surface area contributed by atoms with Gasteiger partial charge in [-0.2, -0.15) is 10.5 Å². The smallest absolute Gasteiger partial charge is 0.0991 e. The molecule has 0 aliphatic carbocycles. The van der Waals surface area contributed by atoms with E-state index in [0.29, 0.717) is 11.1 Å². The lowest BCUT2D eigenvalue weighted by Crippen LogP contribution is -1.84. The molecule has 2 aliphatic rings. The van der Waals surface area contributed by atoms with Crippen molar-refractivity contribution in [2.24, 2.45) is 0 Å². The van der Waals surface area contributed by atoms with Crippen molar-refractivity contribution in [3.05, 3.63) is 97.5 Å². The number of nitrogens with zero attached hydrogens (tertiary/aromatic N) is 2. The third kappa shape index (κ3) is 7.99. The van der Waals surface area contributed by atoms with Gasteiger partial charge in [0, 0.05) is 9.81 Å². The SMILES string of the molecule is CC1=C(SCCCCSC2=C(C)S/C(=C\c3ccc(C#N)cc3)S2)S/C(=C\c2ccc(C#N)cc2)S1. The molecule has 0 saturated heterocycles. The summed E-state index contributed by atoms with van der Waals surface area (Å²) in [6.45, 7) is 4.42. The molecule has 182 valence electrons. The molecule has 8 heteroatoms. The molecule has 2 aromatic carbocycles. The van der Waals surface area contributed by atoms with Gasteiger partial charge >= 0.3 is 0 Å². The zero-order chi connectivity index (χ0) is 25.3. The average Bonchev–Trinajstić information content (AvgIpc) is 3.42. The number of unbranched alkanes of at least 4 members (excludes halogenated alkanes) is 1. The first-order valence-electron chi connectivity index (χ1n) is 11.4. The summed E-state index contributed by atoms with van der Waals surface area (Å²) >= 11 is 11.4. The molecule has 0 saturated carbocycles. The van der Waals surface area contributed by atoms with Gasteiger partial charge in [-0.15, -0.1) is 23.5 Å². The van der Waals surface area contributed by atoms with E-state index in [2.05, 4.69) is 38.1 Å². The maximum absolute atomic E-state index is 8.96. The highest BCUT2D eigenvalue weighted by Gasteiger charge is 2.19. The van der Waals surface area contributed by atoms with Crippen molar-refractivity contribution in [3.63, 3.8) is 0 Å². The number of benzene rings is 2. The van der Waals surface area contributed by atoms with Crippen LogP contribution in [0.3, 0.4) is 0 Å². The molecular weight excluding hydrogens is 557 g/mol. The van der Waals surface area contributed by atoms with Gasteiger partial charge in [-0.25, -0.2) is 0 Å². The molecule has 0 aromatic heterocycles. The minimum atomic E-state index is 0.698. The second kappa shape index (κ2) is 13.9. The summed E-state index contributed by atoms with van der Waals surface area (Å²) in [6.07, 6.45) is 6.85. The van der Waals surface area contributed by atoms with E-state index < -0.39 is 0 Å². The van der Waals surface area contributed by atoms with Gasteiger partial charge in [-0.1, -0.05) is 71.3 Å². The van der Waals surface area contributed by atoms with Crippen LogP contribution in [-0.4, -0.2) is 11.5 Å². The van der Waals surface area contributed by atoms with E-state index in [1.54, 1.807) is 0 Å². The summed E-state index contributed by atoms with van der Waals surface area (Å²) in [4.78, 5) is 2.78. The molecule has 0 radical (unpaired) electrons. The molecule has 2 nitrogen and oxygen atoms in total. The normalized spacial score (nSPS) is 17.8. The van der Waals surface area contributed by atoms with Crippen LogP contribution in [0.15, 0.2) is 75.3 Å². The molecule has 2 heterocycles. The van der Waals surface area contributed by atoms with Crippen LogP contribution in [0.25, 0.3) is 12.2 Å². The number of allylic oxidation sites excluding steroid dienone is 2. The Kier molecular flexibility index (Phi) is 10.6. The van der Waals surface area contributed by atoms with E-state index in [0.717, 1.165) is 22.6 Å². The lowest BCUT2D eigenvalue weighted by molar-refractivity contribution is 0.910. The minimum Gasteiger partial charge on any atom is -0.192 e. The Bertz CT molecular complexity index is 1200. The molecule has 0 unspecified atom stereocenters. The maximum atomic E-state index is 8.96. The second-order valence-electron chi connectivity index (χ2n) is 7.89. The Morgan fingerprint density at radius 2 is 1.03 bits per heavy atom. The zero-order valence-corrected chi connectivity index (χ0v) is 24.8. The minimum absolute atomic E-state index is 0.698. The number of nitriles is 2. The maximum Gasteiger partial charge on any atom is 0.0991 e. The molecule has 0 N–H and O–H groups in total.